The van der Waals surface area contributed by atoms with Gasteiger partial charge in [-0.25, -0.2) is 0 Å². The van der Waals surface area contributed by atoms with Crippen molar-refractivity contribution in [1.29, 1.82) is 0 Å². The molecule has 0 aromatic carbocycles. The molecule has 23 heavy (non-hydrogen) atoms. The predicted octanol–water partition coefficient (Wildman–Crippen LogP) is 2.32. The van der Waals surface area contributed by atoms with Crippen molar-refractivity contribution < 1.29 is 14.3 Å². The topological polar surface area (TPSA) is 72.0 Å². The third kappa shape index (κ3) is 8.74. The summed E-state index contributed by atoms with van der Waals surface area (Å²) in [5.41, 5.74) is 0.315. The van der Waals surface area contributed by atoms with Crippen LogP contribution in [0.5, 0.6) is 0 Å². The van der Waals surface area contributed by atoms with E-state index in [9.17, 15) is 4.79 Å². The van der Waals surface area contributed by atoms with Gasteiger partial charge in [-0.15, -0.1) is 24.0 Å². The molecule has 0 aromatic heterocycles. The number of hydrogen-bond donors (Lipinski definition) is 2. The fraction of sp³-hybridized carbons (Fsp3) is 0.875. The molecule has 0 unspecified atom stereocenters. The summed E-state index contributed by atoms with van der Waals surface area (Å²) in [6.07, 6.45) is 6.50. The Labute approximate surface area is 157 Å². The molecule has 0 heterocycles. The number of nitrogens with one attached hydrogen (secondary N) is 2. The highest BCUT2D eigenvalue weighted by molar-refractivity contribution is 14.0. The Hall–Kier alpha value is -0.570. The molecule has 1 fully saturated rings. The second-order valence-electron chi connectivity index (χ2n) is 5.83. The average molecular weight is 441 g/mol. The third-order valence-electron chi connectivity index (χ3n) is 4.35. The van der Waals surface area contributed by atoms with Gasteiger partial charge < -0.3 is 20.1 Å². The van der Waals surface area contributed by atoms with Gasteiger partial charge in [0.05, 0.1) is 13.5 Å². The van der Waals surface area contributed by atoms with Crippen molar-refractivity contribution in [3.63, 3.8) is 0 Å². The lowest BCUT2D eigenvalue weighted by Gasteiger charge is -2.30. The second kappa shape index (κ2) is 12.8. The van der Waals surface area contributed by atoms with Gasteiger partial charge in [0.1, 0.15) is 0 Å². The third-order valence-corrected chi connectivity index (χ3v) is 4.35. The van der Waals surface area contributed by atoms with Crippen LogP contribution >= 0.6 is 24.0 Å². The number of rotatable bonds is 9. The Balaban J connectivity index is 0.00000484. The van der Waals surface area contributed by atoms with E-state index in [1.807, 2.05) is 6.92 Å². The Morgan fingerprint density at radius 3 is 2.52 bits per heavy atom. The first kappa shape index (κ1) is 22.4. The maximum Gasteiger partial charge on any atom is 0.307 e. The second-order valence-corrected chi connectivity index (χ2v) is 5.83. The molecule has 7 heteroatoms. The van der Waals surface area contributed by atoms with E-state index in [1.165, 1.54) is 32.8 Å². The summed E-state index contributed by atoms with van der Waals surface area (Å²) in [5.74, 6) is 0.526. The molecule has 0 aliphatic heterocycles. The molecule has 136 valence electrons. The standard InChI is InChI=1S/C16H31N3O3.HI/c1-4-22-12-10-16(8-5-6-9-16)13-19-15(17-2)18-11-7-14(20)21-3;/h4-13H2,1-3H3,(H2,17,18,19);1H. The van der Waals surface area contributed by atoms with Crippen LogP contribution in [0, 0.1) is 5.41 Å². The molecule has 0 radical (unpaired) electrons. The van der Waals surface area contributed by atoms with Gasteiger partial charge in [-0.2, -0.15) is 0 Å². The highest BCUT2D eigenvalue weighted by Crippen LogP contribution is 2.40. The average Bonchev–Trinajstić information content (AvgIpc) is 2.99. The molecule has 1 aliphatic rings. The highest BCUT2D eigenvalue weighted by atomic mass is 127. The van der Waals surface area contributed by atoms with Crippen molar-refractivity contribution in [2.24, 2.45) is 10.4 Å². The van der Waals surface area contributed by atoms with Crippen LogP contribution in [-0.4, -0.2) is 52.4 Å². The maximum atomic E-state index is 11.1. The first-order valence-corrected chi connectivity index (χ1v) is 8.25. The molecule has 2 N–H and O–H groups in total. The zero-order valence-electron chi connectivity index (χ0n) is 14.7. The van der Waals surface area contributed by atoms with E-state index in [2.05, 4.69) is 20.4 Å². The predicted molar refractivity (Wildman–Crippen MR) is 103 cm³/mol. The number of aliphatic imine (C=N–C) groups is 1. The van der Waals surface area contributed by atoms with Crippen molar-refractivity contribution in [2.45, 2.75) is 45.4 Å². The van der Waals surface area contributed by atoms with E-state index >= 15 is 0 Å². The summed E-state index contributed by atoms with van der Waals surface area (Å²) in [6, 6.07) is 0. The van der Waals surface area contributed by atoms with Crippen molar-refractivity contribution in [1.82, 2.24) is 10.6 Å². The van der Waals surface area contributed by atoms with Crippen molar-refractivity contribution in [3.8, 4) is 0 Å². The number of hydrogen-bond acceptors (Lipinski definition) is 4. The number of methoxy groups -OCH3 is 1. The maximum absolute atomic E-state index is 11.1. The molecule has 6 nitrogen and oxygen atoms in total. The van der Waals surface area contributed by atoms with Gasteiger partial charge in [0, 0.05) is 33.4 Å². The van der Waals surface area contributed by atoms with E-state index in [0.717, 1.165) is 32.1 Å². The Morgan fingerprint density at radius 1 is 1.26 bits per heavy atom. The van der Waals surface area contributed by atoms with Gasteiger partial charge in [0.2, 0.25) is 0 Å². The molecule has 1 rings (SSSR count). The summed E-state index contributed by atoms with van der Waals surface area (Å²) in [7, 11) is 3.15. The molecule has 0 atom stereocenters. The first-order chi connectivity index (χ1) is 10.7. The Kier molecular flexibility index (Phi) is 12.5. The van der Waals surface area contributed by atoms with Crippen LogP contribution in [-0.2, 0) is 14.3 Å². The quantitative estimate of drug-likeness (QED) is 0.189. The lowest BCUT2D eigenvalue weighted by atomic mass is 9.83. The van der Waals surface area contributed by atoms with Crippen LogP contribution < -0.4 is 10.6 Å². The van der Waals surface area contributed by atoms with E-state index in [0.29, 0.717) is 18.4 Å². The molecule has 0 aromatic rings. The number of carbonyl (C=O) groups is 1. The molecular weight excluding hydrogens is 409 g/mol. The van der Waals surface area contributed by atoms with Crippen LogP contribution in [0.25, 0.3) is 0 Å². The summed E-state index contributed by atoms with van der Waals surface area (Å²) in [6.45, 7) is 5.07. The van der Waals surface area contributed by atoms with Gasteiger partial charge in [0.15, 0.2) is 5.96 Å². The lowest BCUT2D eigenvalue weighted by Crippen LogP contribution is -2.44. The van der Waals surface area contributed by atoms with Gasteiger partial charge in [0.25, 0.3) is 0 Å². The highest BCUT2D eigenvalue weighted by Gasteiger charge is 2.33. The number of guanidine groups is 1. The molecule has 0 spiro atoms. The van der Waals surface area contributed by atoms with Crippen molar-refractivity contribution in [2.75, 3.05) is 40.5 Å². The first-order valence-electron chi connectivity index (χ1n) is 8.25. The normalized spacial score (nSPS) is 16.6. The largest absolute Gasteiger partial charge is 0.469 e. The van der Waals surface area contributed by atoms with Crippen molar-refractivity contribution >= 4 is 35.9 Å². The minimum absolute atomic E-state index is 0. The monoisotopic (exact) mass is 441 g/mol. The van der Waals surface area contributed by atoms with Gasteiger partial charge in [-0.05, 0) is 31.6 Å². The minimum atomic E-state index is -0.216. The van der Waals surface area contributed by atoms with Crippen LogP contribution in [0.3, 0.4) is 0 Å². The Morgan fingerprint density at radius 2 is 1.96 bits per heavy atom. The molecule has 0 saturated heterocycles. The smallest absolute Gasteiger partial charge is 0.307 e. The van der Waals surface area contributed by atoms with Gasteiger partial charge >= 0.3 is 5.97 Å². The fourth-order valence-corrected chi connectivity index (χ4v) is 2.95. The van der Waals surface area contributed by atoms with Crippen molar-refractivity contribution in [3.05, 3.63) is 0 Å². The summed E-state index contributed by atoms with van der Waals surface area (Å²) < 4.78 is 10.2. The zero-order valence-corrected chi connectivity index (χ0v) is 17.0. The Bertz CT molecular complexity index is 358. The number of halogens is 1. The van der Waals surface area contributed by atoms with Gasteiger partial charge in [-0.3, -0.25) is 9.79 Å². The molecular formula is C16H32IN3O3. The van der Waals surface area contributed by atoms with Crippen LogP contribution in [0.2, 0.25) is 0 Å². The van der Waals surface area contributed by atoms with Crippen LogP contribution in [0.15, 0.2) is 4.99 Å². The van der Waals surface area contributed by atoms with Crippen LogP contribution in [0.4, 0.5) is 0 Å². The molecule has 1 saturated carbocycles. The molecule has 0 amide bonds. The summed E-state index contributed by atoms with van der Waals surface area (Å²) in [4.78, 5) is 15.3. The summed E-state index contributed by atoms with van der Waals surface area (Å²) in [5, 5.41) is 6.55. The molecule has 0 bridgehead atoms. The number of esters is 1. The summed E-state index contributed by atoms with van der Waals surface area (Å²) >= 11 is 0. The zero-order chi connectivity index (χ0) is 16.3. The van der Waals surface area contributed by atoms with E-state index in [-0.39, 0.29) is 29.9 Å². The van der Waals surface area contributed by atoms with E-state index in [4.69, 9.17) is 4.74 Å². The van der Waals surface area contributed by atoms with E-state index in [1.54, 1.807) is 7.05 Å². The number of ether oxygens (including phenoxy) is 2. The molecule has 1 aliphatic carbocycles. The lowest BCUT2D eigenvalue weighted by molar-refractivity contribution is -0.140. The van der Waals surface area contributed by atoms with Crippen LogP contribution in [0.1, 0.15) is 45.4 Å². The van der Waals surface area contributed by atoms with Gasteiger partial charge in [-0.1, -0.05) is 12.8 Å². The minimum Gasteiger partial charge on any atom is -0.469 e. The SMILES string of the molecule is CCOCCC1(CNC(=NC)NCCC(=O)OC)CCCC1.I. The number of carbonyl (C=O) groups excluding carboxylic acids is 1. The number of nitrogens with zero attached hydrogens (tertiary/aromatic N) is 1. The van der Waals surface area contributed by atoms with E-state index < -0.39 is 0 Å². The fourth-order valence-electron chi connectivity index (χ4n) is 2.95.